The van der Waals surface area contributed by atoms with E-state index in [2.05, 4.69) is 21.2 Å². The van der Waals surface area contributed by atoms with Crippen LogP contribution in [0, 0.1) is 12.7 Å². The lowest BCUT2D eigenvalue weighted by Gasteiger charge is -2.11. The predicted molar refractivity (Wildman–Crippen MR) is 83.3 cm³/mol. The van der Waals surface area contributed by atoms with Gasteiger partial charge in [0.25, 0.3) is 5.91 Å². The zero-order valence-corrected chi connectivity index (χ0v) is 13.4. The first-order chi connectivity index (χ1) is 9.40. The molecule has 0 radical (unpaired) electrons. The van der Waals surface area contributed by atoms with Crippen molar-refractivity contribution in [1.29, 1.82) is 0 Å². The summed E-state index contributed by atoms with van der Waals surface area (Å²) in [7, 11) is 0. The summed E-state index contributed by atoms with van der Waals surface area (Å²) in [6.45, 7) is 1.79. The number of benzene rings is 2. The van der Waals surface area contributed by atoms with Crippen LogP contribution in [0.5, 0.6) is 0 Å². The first-order valence-electron chi connectivity index (χ1n) is 5.61. The van der Waals surface area contributed by atoms with Crippen molar-refractivity contribution >= 4 is 50.7 Å². The molecular weight excluding hydrogens is 368 g/mol. The van der Waals surface area contributed by atoms with Crippen LogP contribution in [0.1, 0.15) is 15.9 Å². The highest BCUT2D eigenvalue weighted by molar-refractivity contribution is 9.10. The minimum absolute atomic E-state index is 0.0816. The molecule has 2 rings (SSSR count). The van der Waals surface area contributed by atoms with E-state index in [1.165, 1.54) is 12.1 Å². The normalized spacial score (nSPS) is 10.4. The second-order valence-corrected chi connectivity index (χ2v) is 5.83. The molecule has 0 aromatic heterocycles. The highest BCUT2D eigenvalue weighted by Gasteiger charge is 2.16. The number of halogens is 4. The summed E-state index contributed by atoms with van der Waals surface area (Å²) >= 11 is 15.2. The van der Waals surface area contributed by atoms with Gasteiger partial charge in [0.1, 0.15) is 5.82 Å². The molecule has 0 fully saturated rings. The molecule has 0 aliphatic heterocycles. The second-order valence-electron chi connectivity index (χ2n) is 4.13. The van der Waals surface area contributed by atoms with Crippen LogP contribution in [0.15, 0.2) is 34.8 Å². The van der Waals surface area contributed by atoms with Crippen molar-refractivity contribution in [2.75, 3.05) is 5.32 Å². The van der Waals surface area contributed by atoms with Crippen LogP contribution in [-0.2, 0) is 0 Å². The van der Waals surface area contributed by atoms with Gasteiger partial charge in [-0.1, -0.05) is 45.2 Å². The lowest BCUT2D eigenvalue weighted by molar-refractivity contribution is 0.102. The molecule has 20 heavy (non-hydrogen) atoms. The van der Waals surface area contributed by atoms with Crippen LogP contribution in [0.4, 0.5) is 10.1 Å². The summed E-state index contributed by atoms with van der Waals surface area (Å²) in [5, 5.41) is 3.17. The Morgan fingerprint density at radius 3 is 2.60 bits per heavy atom. The van der Waals surface area contributed by atoms with E-state index in [9.17, 15) is 9.18 Å². The van der Waals surface area contributed by atoms with Crippen molar-refractivity contribution in [2.45, 2.75) is 6.92 Å². The number of aryl methyl sites for hydroxylation is 1. The van der Waals surface area contributed by atoms with E-state index >= 15 is 0 Å². The lowest BCUT2D eigenvalue weighted by atomic mass is 10.1. The van der Waals surface area contributed by atoms with Gasteiger partial charge in [0.15, 0.2) is 0 Å². The Morgan fingerprint density at radius 2 is 1.95 bits per heavy atom. The molecule has 0 saturated heterocycles. The van der Waals surface area contributed by atoms with Gasteiger partial charge in [-0.15, -0.1) is 0 Å². The summed E-state index contributed by atoms with van der Waals surface area (Å²) < 4.78 is 14.3. The van der Waals surface area contributed by atoms with E-state index in [0.29, 0.717) is 14.5 Å². The molecule has 0 spiro atoms. The molecule has 0 unspecified atom stereocenters. The van der Waals surface area contributed by atoms with E-state index in [1.807, 2.05) is 0 Å². The standard InChI is InChI=1S/C14H9BrCl2FNO/c1-7-2-5-10(16)13(12(7)17)19-14(20)9-4-3-8(15)6-11(9)18/h2-6H,1H3,(H,19,20). The molecule has 0 heterocycles. The minimum atomic E-state index is -0.628. The van der Waals surface area contributed by atoms with Gasteiger partial charge >= 0.3 is 0 Å². The van der Waals surface area contributed by atoms with Gasteiger partial charge in [-0.25, -0.2) is 4.39 Å². The van der Waals surface area contributed by atoms with E-state index in [-0.39, 0.29) is 11.3 Å². The van der Waals surface area contributed by atoms with Crippen molar-refractivity contribution in [2.24, 2.45) is 0 Å². The van der Waals surface area contributed by atoms with E-state index < -0.39 is 11.7 Å². The first kappa shape index (κ1) is 15.3. The Hall–Kier alpha value is -1.10. The minimum Gasteiger partial charge on any atom is -0.319 e. The van der Waals surface area contributed by atoms with Crippen molar-refractivity contribution in [3.63, 3.8) is 0 Å². The van der Waals surface area contributed by atoms with E-state index in [1.54, 1.807) is 25.1 Å². The van der Waals surface area contributed by atoms with Gasteiger partial charge in [0.05, 0.1) is 21.3 Å². The van der Waals surface area contributed by atoms with Gasteiger partial charge in [-0.05, 0) is 36.8 Å². The molecule has 2 aromatic carbocycles. The van der Waals surface area contributed by atoms with Crippen LogP contribution in [-0.4, -0.2) is 5.91 Å². The predicted octanol–water partition coefficient (Wildman–Crippen LogP) is 5.46. The third-order valence-electron chi connectivity index (χ3n) is 2.70. The summed E-state index contributed by atoms with van der Waals surface area (Å²) in [6.07, 6.45) is 0. The maximum Gasteiger partial charge on any atom is 0.258 e. The molecule has 2 nitrogen and oxygen atoms in total. The number of rotatable bonds is 2. The van der Waals surface area contributed by atoms with Crippen LogP contribution in [0.3, 0.4) is 0 Å². The van der Waals surface area contributed by atoms with E-state index in [0.717, 1.165) is 5.56 Å². The molecule has 0 bridgehead atoms. The molecule has 0 saturated carbocycles. The largest absolute Gasteiger partial charge is 0.319 e. The first-order valence-corrected chi connectivity index (χ1v) is 7.16. The second kappa shape index (κ2) is 6.12. The molecule has 0 aliphatic carbocycles. The molecule has 6 heteroatoms. The summed E-state index contributed by atoms with van der Waals surface area (Å²) in [5.41, 5.74) is 0.963. The summed E-state index contributed by atoms with van der Waals surface area (Å²) in [4.78, 5) is 12.1. The van der Waals surface area contributed by atoms with Gasteiger partial charge in [0, 0.05) is 4.47 Å². The number of nitrogens with one attached hydrogen (secondary N) is 1. The number of hydrogen-bond acceptors (Lipinski definition) is 1. The molecule has 0 aliphatic rings. The molecule has 0 atom stereocenters. The van der Waals surface area contributed by atoms with Crippen LogP contribution in [0.25, 0.3) is 0 Å². The number of amides is 1. The maximum atomic E-state index is 13.7. The topological polar surface area (TPSA) is 29.1 Å². The fourth-order valence-corrected chi connectivity index (χ4v) is 2.42. The number of hydrogen-bond donors (Lipinski definition) is 1. The van der Waals surface area contributed by atoms with Crippen LogP contribution in [0.2, 0.25) is 10.0 Å². The van der Waals surface area contributed by atoms with Crippen LogP contribution < -0.4 is 5.32 Å². The summed E-state index contributed by atoms with van der Waals surface area (Å²) in [6, 6.07) is 7.54. The third-order valence-corrected chi connectivity index (χ3v) is 3.99. The fourth-order valence-electron chi connectivity index (χ4n) is 1.63. The lowest BCUT2D eigenvalue weighted by Crippen LogP contribution is -2.14. The Kier molecular flexibility index (Phi) is 4.68. The van der Waals surface area contributed by atoms with Crippen molar-refractivity contribution < 1.29 is 9.18 Å². The quantitative estimate of drug-likeness (QED) is 0.741. The Bertz CT molecular complexity index is 691. The van der Waals surface area contributed by atoms with Gasteiger partial charge < -0.3 is 5.32 Å². The Morgan fingerprint density at radius 1 is 1.25 bits per heavy atom. The van der Waals surface area contributed by atoms with Gasteiger partial charge in [0.2, 0.25) is 0 Å². The maximum absolute atomic E-state index is 13.7. The van der Waals surface area contributed by atoms with Crippen molar-refractivity contribution in [1.82, 2.24) is 0 Å². The zero-order chi connectivity index (χ0) is 14.9. The molecule has 1 N–H and O–H groups in total. The van der Waals surface area contributed by atoms with Gasteiger partial charge in [-0.3, -0.25) is 4.79 Å². The van der Waals surface area contributed by atoms with Crippen molar-refractivity contribution in [3.05, 3.63) is 61.8 Å². The number of anilines is 1. The summed E-state index contributed by atoms with van der Waals surface area (Å²) in [5.74, 6) is -1.24. The van der Waals surface area contributed by atoms with Crippen molar-refractivity contribution in [3.8, 4) is 0 Å². The average Bonchev–Trinajstić information content (AvgIpc) is 2.39. The molecule has 104 valence electrons. The monoisotopic (exact) mass is 375 g/mol. The Balaban J connectivity index is 2.35. The highest BCUT2D eigenvalue weighted by atomic mass is 79.9. The molecular formula is C14H9BrCl2FNO. The smallest absolute Gasteiger partial charge is 0.258 e. The Labute approximate surface area is 134 Å². The SMILES string of the molecule is Cc1ccc(Cl)c(NC(=O)c2ccc(Br)cc2F)c1Cl. The molecule has 1 amide bonds. The number of carbonyl (C=O) groups is 1. The van der Waals surface area contributed by atoms with Crippen LogP contribution >= 0.6 is 39.1 Å². The van der Waals surface area contributed by atoms with Gasteiger partial charge in [-0.2, -0.15) is 0 Å². The zero-order valence-electron chi connectivity index (χ0n) is 10.3. The highest BCUT2D eigenvalue weighted by Crippen LogP contribution is 2.33. The average molecular weight is 377 g/mol. The third kappa shape index (κ3) is 3.14. The number of carbonyl (C=O) groups excluding carboxylic acids is 1. The van der Waals surface area contributed by atoms with E-state index in [4.69, 9.17) is 23.2 Å². The molecule has 2 aromatic rings. The fraction of sp³-hybridized carbons (Fsp3) is 0.0714.